The Hall–Kier alpha value is -3.35. The van der Waals surface area contributed by atoms with E-state index in [0.717, 1.165) is 18.7 Å². The molecule has 3 rings (SSSR count). The number of rotatable bonds is 5. The van der Waals surface area contributed by atoms with Gasteiger partial charge in [0.25, 0.3) is 5.78 Å². The number of fused-ring (bicyclic) bond motifs is 1. The van der Waals surface area contributed by atoms with Gasteiger partial charge in [-0.1, -0.05) is 30.3 Å². The van der Waals surface area contributed by atoms with Gasteiger partial charge in [-0.15, -0.1) is 0 Å². The van der Waals surface area contributed by atoms with Gasteiger partial charge < -0.3 is 9.47 Å². The highest BCUT2D eigenvalue weighted by atomic mass is 19.4. The molecule has 0 N–H and O–H groups in total. The minimum Gasteiger partial charge on any atom is -0.489 e. The van der Waals surface area contributed by atoms with Crippen LogP contribution in [0.4, 0.5) is 13.2 Å². The molecule has 28 heavy (non-hydrogen) atoms. The molecule has 0 saturated heterocycles. The van der Waals surface area contributed by atoms with Crippen LogP contribution < -0.4 is 4.74 Å². The van der Waals surface area contributed by atoms with Gasteiger partial charge in [-0.3, -0.25) is 4.79 Å². The van der Waals surface area contributed by atoms with Crippen LogP contribution in [0.3, 0.4) is 0 Å². The lowest BCUT2D eigenvalue weighted by Gasteiger charge is -2.12. The van der Waals surface area contributed by atoms with Crippen LogP contribution in [-0.4, -0.2) is 25.0 Å². The number of ether oxygens (including phenoxy) is 2. The Labute approximate surface area is 158 Å². The topological polar surface area (TPSA) is 52.6 Å². The number of hydrogen-bond acceptors (Lipinski definition) is 4. The van der Waals surface area contributed by atoms with Gasteiger partial charge in [-0.05, 0) is 46.7 Å². The van der Waals surface area contributed by atoms with Crippen molar-refractivity contribution < 1.29 is 32.2 Å². The standard InChI is InChI=1S/C21H15F3O4/c1-27-20(26)15-9-14-10-16(28-12-13-5-3-2-4-6-13)7-8-17(14)18(11-15)19(25)21(22,23)24/h2-11H,12H2,1H3. The molecule has 3 aromatic carbocycles. The second-order valence-corrected chi connectivity index (χ2v) is 6.00. The zero-order chi connectivity index (χ0) is 20.3. The molecule has 0 amide bonds. The number of carbonyl (C=O) groups is 2. The molecular formula is C21H15F3O4. The zero-order valence-corrected chi connectivity index (χ0v) is 14.7. The molecule has 0 heterocycles. The lowest BCUT2D eigenvalue weighted by atomic mass is 9.97. The fraction of sp³-hybridized carbons (Fsp3) is 0.143. The predicted octanol–water partition coefficient (Wildman–Crippen LogP) is 4.95. The van der Waals surface area contributed by atoms with Gasteiger partial charge in [-0.2, -0.15) is 13.2 Å². The van der Waals surface area contributed by atoms with Crippen LogP contribution in [0.2, 0.25) is 0 Å². The fourth-order valence-electron chi connectivity index (χ4n) is 2.75. The highest BCUT2D eigenvalue weighted by Crippen LogP contribution is 2.31. The first kappa shape index (κ1) is 19.4. The third kappa shape index (κ3) is 4.14. The largest absolute Gasteiger partial charge is 0.489 e. The molecule has 0 aliphatic rings. The van der Waals surface area contributed by atoms with Gasteiger partial charge in [0.05, 0.1) is 12.7 Å². The molecule has 0 fully saturated rings. The van der Waals surface area contributed by atoms with Gasteiger partial charge in [0, 0.05) is 5.56 Å². The number of halogens is 3. The average Bonchev–Trinajstić information content (AvgIpc) is 2.70. The summed E-state index contributed by atoms with van der Waals surface area (Å²) in [6.07, 6.45) is -5.07. The summed E-state index contributed by atoms with van der Waals surface area (Å²) in [4.78, 5) is 23.7. The highest BCUT2D eigenvalue weighted by Gasteiger charge is 2.40. The summed E-state index contributed by atoms with van der Waals surface area (Å²) >= 11 is 0. The van der Waals surface area contributed by atoms with Crippen LogP contribution in [0.1, 0.15) is 26.3 Å². The van der Waals surface area contributed by atoms with E-state index in [0.29, 0.717) is 5.75 Å². The Morgan fingerprint density at radius 2 is 1.68 bits per heavy atom. The van der Waals surface area contributed by atoms with Crippen molar-refractivity contribution in [2.45, 2.75) is 12.8 Å². The summed E-state index contributed by atoms with van der Waals surface area (Å²) < 4.78 is 49.2. The summed E-state index contributed by atoms with van der Waals surface area (Å²) in [6.45, 7) is 0.261. The number of Topliss-reactive ketones (excluding diaryl/α,β-unsaturated/α-hetero) is 1. The molecule has 3 aromatic rings. The molecule has 0 aliphatic heterocycles. The zero-order valence-electron chi connectivity index (χ0n) is 14.7. The van der Waals surface area contributed by atoms with Gasteiger partial charge in [0.1, 0.15) is 12.4 Å². The van der Waals surface area contributed by atoms with Gasteiger partial charge in [-0.25, -0.2) is 4.79 Å². The number of alkyl halides is 3. The van der Waals surface area contributed by atoms with Crippen LogP contribution in [-0.2, 0) is 11.3 Å². The van der Waals surface area contributed by atoms with E-state index in [1.54, 1.807) is 0 Å². The number of ketones is 1. The quantitative estimate of drug-likeness (QED) is 0.458. The van der Waals surface area contributed by atoms with Crippen molar-refractivity contribution in [3.8, 4) is 5.75 Å². The third-order valence-corrected chi connectivity index (χ3v) is 4.10. The summed E-state index contributed by atoms with van der Waals surface area (Å²) in [7, 11) is 1.11. The molecule has 0 aliphatic carbocycles. The van der Waals surface area contributed by atoms with Crippen molar-refractivity contribution in [2.75, 3.05) is 7.11 Å². The van der Waals surface area contributed by atoms with E-state index in [4.69, 9.17) is 4.74 Å². The van der Waals surface area contributed by atoms with Crippen LogP contribution in [0.5, 0.6) is 5.75 Å². The van der Waals surface area contributed by atoms with Crippen LogP contribution in [0.15, 0.2) is 60.7 Å². The molecule has 0 bridgehead atoms. The van der Waals surface area contributed by atoms with Crippen LogP contribution >= 0.6 is 0 Å². The smallest absolute Gasteiger partial charge is 0.454 e. The number of carbonyl (C=O) groups excluding carboxylic acids is 2. The molecule has 0 saturated carbocycles. The Kier molecular flexibility index (Phi) is 5.35. The lowest BCUT2D eigenvalue weighted by Crippen LogP contribution is -2.23. The van der Waals surface area contributed by atoms with E-state index in [1.807, 2.05) is 30.3 Å². The second kappa shape index (κ2) is 7.72. The Morgan fingerprint density at radius 3 is 2.32 bits per heavy atom. The molecule has 0 atom stereocenters. The summed E-state index contributed by atoms with van der Waals surface area (Å²) in [5.74, 6) is -2.47. The van der Waals surface area contributed by atoms with Crippen molar-refractivity contribution in [3.05, 3.63) is 77.4 Å². The molecular weight excluding hydrogens is 373 g/mol. The first-order chi connectivity index (χ1) is 13.3. The maximum absolute atomic E-state index is 13.0. The first-order valence-electron chi connectivity index (χ1n) is 8.24. The molecule has 0 aromatic heterocycles. The van der Waals surface area contributed by atoms with Crippen LogP contribution in [0, 0.1) is 0 Å². The minimum absolute atomic E-state index is 0.0713. The first-order valence-corrected chi connectivity index (χ1v) is 8.24. The SMILES string of the molecule is COC(=O)c1cc(C(=O)C(F)(F)F)c2ccc(OCc3ccccc3)cc2c1. The Balaban J connectivity index is 2.03. The predicted molar refractivity (Wildman–Crippen MR) is 96.4 cm³/mol. The molecule has 144 valence electrons. The monoisotopic (exact) mass is 388 g/mol. The molecule has 4 nitrogen and oxygen atoms in total. The molecule has 0 unspecified atom stereocenters. The fourth-order valence-corrected chi connectivity index (χ4v) is 2.75. The van der Waals surface area contributed by atoms with Crippen molar-refractivity contribution >= 4 is 22.5 Å². The summed E-state index contributed by atoms with van der Waals surface area (Å²) in [6, 6.07) is 15.9. The van der Waals surface area contributed by atoms with Gasteiger partial charge >= 0.3 is 12.1 Å². The third-order valence-electron chi connectivity index (χ3n) is 4.10. The van der Waals surface area contributed by atoms with E-state index in [9.17, 15) is 22.8 Å². The number of esters is 1. The van der Waals surface area contributed by atoms with Crippen LogP contribution in [0.25, 0.3) is 10.8 Å². The maximum atomic E-state index is 13.0. The highest BCUT2D eigenvalue weighted by molar-refractivity contribution is 6.13. The Bertz CT molecular complexity index is 1030. The maximum Gasteiger partial charge on any atom is 0.454 e. The van der Waals surface area contributed by atoms with E-state index in [1.165, 1.54) is 24.3 Å². The molecule has 0 spiro atoms. The molecule has 7 heteroatoms. The lowest BCUT2D eigenvalue weighted by molar-refractivity contribution is -0.0884. The van der Waals surface area contributed by atoms with Crippen molar-refractivity contribution in [3.63, 3.8) is 0 Å². The average molecular weight is 388 g/mol. The number of benzene rings is 3. The minimum atomic E-state index is -5.07. The van der Waals surface area contributed by atoms with Crippen molar-refractivity contribution in [2.24, 2.45) is 0 Å². The summed E-state index contributed by atoms with van der Waals surface area (Å²) in [5.41, 5.74) is 0.154. The Morgan fingerprint density at radius 1 is 0.964 bits per heavy atom. The second-order valence-electron chi connectivity index (χ2n) is 6.00. The van der Waals surface area contributed by atoms with E-state index >= 15 is 0 Å². The van der Waals surface area contributed by atoms with Crippen molar-refractivity contribution in [1.29, 1.82) is 0 Å². The van der Waals surface area contributed by atoms with Gasteiger partial charge in [0.15, 0.2) is 0 Å². The summed E-state index contributed by atoms with van der Waals surface area (Å²) in [5, 5.41) is 0.336. The normalized spacial score (nSPS) is 11.3. The number of methoxy groups -OCH3 is 1. The van der Waals surface area contributed by atoms with E-state index in [-0.39, 0.29) is 22.9 Å². The van der Waals surface area contributed by atoms with Crippen molar-refractivity contribution in [1.82, 2.24) is 0 Å². The molecule has 0 radical (unpaired) electrons. The van der Waals surface area contributed by atoms with E-state index < -0.39 is 23.5 Å². The number of hydrogen-bond donors (Lipinski definition) is 0. The van der Waals surface area contributed by atoms with Gasteiger partial charge in [0.2, 0.25) is 0 Å². The van der Waals surface area contributed by atoms with E-state index in [2.05, 4.69) is 4.74 Å².